The fourth-order valence-corrected chi connectivity index (χ4v) is 21.0. The van der Waals surface area contributed by atoms with Crippen LogP contribution in [0.4, 0.5) is 5.82 Å². The van der Waals surface area contributed by atoms with E-state index in [1.54, 1.807) is 6.33 Å². The molecule has 458 valence electrons. The van der Waals surface area contributed by atoms with Gasteiger partial charge in [-0.15, -0.1) is 0 Å². The summed E-state index contributed by atoms with van der Waals surface area (Å²) in [5.74, 6) is -5.39. The predicted molar refractivity (Wildman–Crippen MR) is 295 cm³/mol. The fourth-order valence-electron chi connectivity index (χ4n) is 21.0. The van der Waals surface area contributed by atoms with Crippen molar-refractivity contribution in [2.45, 2.75) is 185 Å². The van der Waals surface area contributed by atoms with Crippen LogP contribution in [0.15, 0.2) is 30.5 Å². The minimum atomic E-state index is -1.75. The summed E-state index contributed by atoms with van der Waals surface area (Å²) in [5.41, 5.74) is 1.42. The van der Waals surface area contributed by atoms with Crippen molar-refractivity contribution in [1.82, 2.24) is 25.3 Å². The molecule has 82 heavy (non-hydrogen) atoms. The maximum atomic E-state index is 15.2. The number of fused-ring (bicyclic) bond motifs is 11. The number of aliphatic hydroxyl groups excluding tert-OH is 10. The molecular formula is C60H93N7O15. The summed E-state index contributed by atoms with van der Waals surface area (Å²) < 4.78 is 12.9. The van der Waals surface area contributed by atoms with Crippen LogP contribution in [0, 0.1) is 85.2 Å². The van der Waals surface area contributed by atoms with E-state index >= 15 is 4.79 Å². The number of nitrogens with two attached hydrogens (primary N) is 1. The molecule has 1 amide bonds. The smallest absolute Gasteiger partial charge is 0.310 e. The highest BCUT2D eigenvalue weighted by Gasteiger charge is 2.79. The van der Waals surface area contributed by atoms with Gasteiger partial charge in [-0.25, -0.2) is 9.97 Å². The van der Waals surface area contributed by atoms with Gasteiger partial charge in [0.2, 0.25) is 5.91 Å². The molecule has 17 N–H and O–H groups in total. The number of aromatic amines is 2. The van der Waals surface area contributed by atoms with E-state index in [9.17, 15) is 61.0 Å². The van der Waals surface area contributed by atoms with Crippen LogP contribution in [-0.4, -0.2) is 183 Å². The van der Waals surface area contributed by atoms with Crippen molar-refractivity contribution >= 4 is 17.7 Å². The van der Waals surface area contributed by atoms with Gasteiger partial charge in [0.25, 0.3) is 0 Å². The van der Waals surface area contributed by atoms with E-state index in [4.69, 9.17) is 20.2 Å². The minimum absolute atomic E-state index is 0.0229. The standard InChI is InChI=1S/C60H93N7O15/c1-54(25-69)15-16-59(53(79)80)35(21-54)31-10-11-42-56(3,57(31,4)32-19-37-50(66-29-65-37)63-22-36(32)59)14-12-41-55(2,26-70)49(82-51-48(77)47(76)40(73)24-81-51)46(75)34(60(41,42)30-8-5-6-9-30)18-33-45(67-52(78)58(33,27-71)13-7-17-68)44(38-23-62-28-64-38)39(72)20-43(61)74/h10,23,28-30,32-36,39-49,51,63,68-77H,5-9,11-22,24-27,61H2,1-4H3,(H,62,64)(H,65,66)(H,67,78)(H,79,80). The van der Waals surface area contributed by atoms with Crippen molar-refractivity contribution in [3.05, 3.63) is 41.9 Å². The Labute approximate surface area is 479 Å². The zero-order valence-corrected chi connectivity index (χ0v) is 48.1. The van der Waals surface area contributed by atoms with Gasteiger partial charge in [-0.05, 0) is 146 Å². The summed E-state index contributed by atoms with van der Waals surface area (Å²) in [6, 6.07) is -0.993. The molecule has 11 rings (SSSR count). The summed E-state index contributed by atoms with van der Waals surface area (Å²) in [5, 5.41) is 135. The number of nitrogens with one attached hydrogen (secondary N) is 4. The lowest BCUT2D eigenvalue weighted by molar-refractivity contribution is -0.350. The van der Waals surface area contributed by atoms with Crippen LogP contribution < -0.4 is 16.4 Å². The second-order valence-electron chi connectivity index (χ2n) is 28.2. The molecular weight excluding hydrogens is 1060 g/mol. The molecule has 9 aliphatic rings. The number of carbonyl (C=O) groups is 2. The number of nitrogens with zero attached hydrogens (tertiary/aromatic N) is 2. The van der Waals surface area contributed by atoms with Gasteiger partial charge in [0, 0.05) is 55.4 Å². The Bertz CT molecular complexity index is 2660. The first-order chi connectivity index (χ1) is 39.0. The Morgan fingerprint density at radius 2 is 1.66 bits per heavy atom. The van der Waals surface area contributed by atoms with Crippen LogP contribution in [0.25, 0.3) is 0 Å². The number of ether oxygens (including phenoxy) is 2. The first kappa shape index (κ1) is 60.1. The number of carboxylic acids is 1. The number of amides is 1. The molecule has 2 saturated heterocycles. The van der Waals surface area contributed by atoms with Crippen LogP contribution in [0.3, 0.4) is 0 Å². The van der Waals surface area contributed by atoms with Crippen LogP contribution in [0.1, 0.15) is 135 Å². The van der Waals surface area contributed by atoms with Crippen molar-refractivity contribution in [3.63, 3.8) is 0 Å². The third kappa shape index (κ3) is 8.62. The van der Waals surface area contributed by atoms with Gasteiger partial charge >= 0.3 is 5.97 Å². The number of imidazole rings is 2. The fraction of sp³-hybridized carbons (Fsp3) is 0.833. The summed E-state index contributed by atoms with van der Waals surface area (Å²) in [7, 11) is 0. The first-order valence-corrected chi connectivity index (χ1v) is 30.6. The lowest BCUT2D eigenvalue weighted by atomic mass is 9.27. The number of aliphatic hydroxyl groups is 10. The van der Waals surface area contributed by atoms with Crippen LogP contribution in [0.5, 0.6) is 0 Å². The Kier molecular flexibility index (Phi) is 16.1. The van der Waals surface area contributed by atoms with E-state index in [-0.39, 0.29) is 63.3 Å². The van der Waals surface area contributed by atoms with Crippen molar-refractivity contribution in [3.8, 4) is 0 Å². The lowest BCUT2D eigenvalue weighted by Crippen LogP contribution is -2.76. The van der Waals surface area contributed by atoms with Crippen molar-refractivity contribution in [1.29, 1.82) is 0 Å². The zero-order valence-electron chi connectivity index (χ0n) is 48.1. The van der Waals surface area contributed by atoms with E-state index in [1.807, 2.05) is 6.92 Å². The molecule has 7 fully saturated rings. The van der Waals surface area contributed by atoms with Gasteiger partial charge < -0.3 is 92.0 Å². The maximum absolute atomic E-state index is 15.2. The number of anilines is 1. The summed E-state index contributed by atoms with van der Waals surface area (Å²) in [6.07, 6.45) is 1.59. The average Bonchev–Trinajstić information content (AvgIpc) is 1.28. The molecule has 22 nitrogen and oxygen atoms in total. The number of carbonyl (C=O) groups excluding carboxylic acids is 1. The number of hydrogen-bond donors (Lipinski definition) is 16. The van der Waals surface area contributed by atoms with Gasteiger partial charge in [0.1, 0.15) is 30.4 Å². The highest BCUT2D eigenvalue weighted by molar-refractivity contribution is 5.86. The van der Waals surface area contributed by atoms with E-state index in [0.29, 0.717) is 63.0 Å². The molecule has 2 aromatic heterocycles. The number of rotatable bonds is 17. The highest BCUT2D eigenvalue weighted by Crippen LogP contribution is 2.81. The third-order valence-corrected chi connectivity index (χ3v) is 25.0. The third-order valence-electron chi connectivity index (χ3n) is 25.0. The molecule has 24 atom stereocenters. The number of aliphatic carboxylic acids is 1. The van der Waals surface area contributed by atoms with Gasteiger partial charge in [-0.3, -0.25) is 9.59 Å². The molecule has 0 spiro atoms. The molecule has 2 aromatic rings. The number of aromatic nitrogens is 4. The highest BCUT2D eigenvalue weighted by atomic mass is 16.7. The molecule has 6 aliphatic carbocycles. The Morgan fingerprint density at radius 1 is 0.902 bits per heavy atom. The normalized spacial score (nSPS) is 46.5. The largest absolute Gasteiger partial charge is 0.481 e. The lowest BCUT2D eigenvalue weighted by Gasteiger charge is -2.77. The molecule has 0 bridgehead atoms. The monoisotopic (exact) mass is 1150 g/mol. The van der Waals surface area contributed by atoms with E-state index < -0.39 is 154 Å². The van der Waals surface area contributed by atoms with Crippen molar-refractivity contribution in [2.75, 3.05) is 44.9 Å². The van der Waals surface area contributed by atoms with Gasteiger partial charge in [-0.2, -0.15) is 0 Å². The SMILES string of the molecule is CC1(CO)CCC2(C(=O)O)C(C1)C1=CCC3C4(C5CCCC5)C(CC5C(C(c6cnc[nH]6)C(O)CC(N)O)NC(=O)C5(CO)CCCO)C(O)C(OC5OCC(O)C(O)C5O)C(C)(CO)C4CCC3(C)C1(C)C1Cc3[nH]cnc3NCC12. The molecule has 5 heterocycles. The minimum Gasteiger partial charge on any atom is -0.481 e. The molecule has 0 radical (unpaired) electrons. The second-order valence-corrected chi connectivity index (χ2v) is 28.2. The molecule has 0 aromatic carbocycles. The van der Waals surface area contributed by atoms with Crippen LogP contribution in [-0.2, 0) is 25.5 Å². The Balaban J connectivity index is 1.16. The topological polar surface area (TPSA) is 383 Å². The zero-order chi connectivity index (χ0) is 58.7. The van der Waals surface area contributed by atoms with Crippen LogP contribution in [0.2, 0.25) is 0 Å². The van der Waals surface area contributed by atoms with E-state index in [2.05, 4.69) is 52.4 Å². The maximum Gasteiger partial charge on any atom is 0.310 e. The summed E-state index contributed by atoms with van der Waals surface area (Å²) >= 11 is 0. The number of carboxylic acid groups (broad SMARTS) is 1. The molecule has 5 saturated carbocycles. The Hall–Kier alpha value is -3.62. The van der Waals surface area contributed by atoms with Gasteiger partial charge in [0.05, 0.1) is 67.3 Å². The molecule has 24 unspecified atom stereocenters. The summed E-state index contributed by atoms with van der Waals surface area (Å²) in [4.78, 5) is 45.4. The molecule has 3 aliphatic heterocycles. The van der Waals surface area contributed by atoms with E-state index in [1.165, 1.54) is 12.5 Å². The quantitative estimate of drug-likeness (QED) is 0.0608. The first-order valence-electron chi connectivity index (χ1n) is 30.6. The summed E-state index contributed by atoms with van der Waals surface area (Å²) in [6.45, 7) is 7.17. The number of hydrogen-bond acceptors (Lipinski definition) is 18. The number of allylic oxidation sites excluding steroid dienone is 2. The van der Waals surface area contributed by atoms with Gasteiger partial charge in [0.15, 0.2) is 6.29 Å². The van der Waals surface area contributed by atoms with E-state index in [0.717, 1.165) is 37.0 Å². The van der Waals surface area contributed by atoms with Crippen molar-refractivity contribution in [2.24, 2.45) is 91.0 Å². The average molecular weight is 1150 g/mol. The van der Waals surface area contributed by atoms with Gasteiger partial charge in [-0.1, -0.05) is 52.2 Å². The van der Waals surface area contributed by atoms with Crippen LogP contribution >= 0.6 is 0 Å². The number of H-pyrrole nitrogens is 2. The predicted octanol–water partition coefficient (Wildman–Crippen LogP) is 1.64. The van der Waals surface area contributed by atoms with Crippen molar-refractivity contribution < 1.29 is 75.2 Å². The second kappa shape index (κ2) is 22.0. The molecule has 22 heteroatoms. The Morgan fingerprint density at radius 3 is 2.32 bits per heavy atom.